The lowest BCUT2D eigenvalue weighted by atomic mass is 10.2. The predicted molar refractivity (Wildman–Crippen MR) is 52.6 cm³/mol. The van der Waals surface area contributed by atoms with Gasteiger partial charge in [0.15, 0.2) is 0 Å². The summed E-state index contributed by atoms with van der Waals surface area (Å²) in [6, 6.07) is 11.5. The number of aryl methyl sites for hydroxylation is 1. The van der Waals surface area contributed by atoms with Gasteiger partial charge >= 0.3 is 0 Å². The van der Waals surface area contributed by atoms with Gasteiger partial charge in [0, 0.05) is 0 Å². The second-order valence-electron chi connectivity index (χ2n) is 2.94. The average Bonchev–Trinajstić information content (AvgIpc) is 2.03. The van der Waals surface area contributed by atoms with Crippen LogP contribution in [0.3, 0.4) is 0 Å². The molecule has 1 aromatic rings. The van der Waals surface area contributed by atoms with Crippen molar-refractivity contribution in [3.05, 3.63) is 35.9 Å². The molecule has 0 bridgehead atoms. The molecule has 0 aliphatic carbocycles. The molecule has 0 amide bonds. The summed E-state index contributed by atoms with van der Waals surface area (Å²) in [5.74, 6) is 0. The molecule has 0 heterocycles. The van der Waals surface area contributed by atoms with E-state index in [2.05, 4.69) is 31.5 Å². The van der Waals surface area contributed by atoms with Crippen molar-refractivity contribution in [2.24, 2.45) is 0 Å². The van der Waals surface area contributed by atoms with E-state index in [1.165, 1.54) is 18.1 Å². The van der Waals surface area contributed by atoms with Gasteiger partial charge in [0.1, 0.15) is 0 Å². The molecule has 1 heteroatoms. The summed E-state index contributed by atoms with van der Waals surface area (Å²) in [6.45, 7) is 4.64. The van der Waals surface area contributed by atoms with Gasteiger partial charge in [0.25, 0.3) is 0 Å². The summed E-state index contributed by atoms with van der Waals surface area (Å²) in [5, 5.41) is 0. The van der Waals surface area contributed by atoms with Gasteiger partial charge in [-0.25, -0.2) is 0 Å². The van der Waals surface area contributed by atoms with Crippen molar-refractivity contribution in [1.29, 1.82) is 0 Å². The van der Waals surface area contributed by atoms with Crippen molar-refractivity contribution < 1.29 is 0 Å². The van der Waals surface area contributed by atoms with Crippen molar-refractivity contribution in [2.75, 3.05) is 19.5 Å². The minimum atomic E-state index is 0.256. The van der Waals surface area contributed by atoms with E-state index in [1.807, 2.05) is 12.1 Å². The third-order valence-corrected chi connectivity index (χ3v) is 2.72. The highest BCUT2D eigenvalue weighted by molar-refractivity contribution is 7.55. The zero-order chi connectivity index (χ0) is 8.10. The molecule has 0 aliphatic rings. The highest BCUT2D eigenvalue weighted by Crippen LogP contribution is 2.24. The number of benzene rings is 1. The molecule has 0 unspecified atom stereocenters. The molecule has 59 valence electrons. The Balaban J connectivity index is 2.39. The lowest BCUT2D eigenvalue weighted by Gasteiger charge is -2.03. The van der Waals surface area contributed by atoms with Gasteiger partial charge in [-0.3, -0.25) is 0 Å². The highest BCUT2D eigenvalue weighted by atomic mass is 31.1. The Morgan fingerprint density at radius 1 is 1.36 bits per heavy atom. The van der Waals surface area contributed by atoms with Gasteiger partial charge < -0.3 is 0 Å². The molecule has 1 aromatic carbocycles. The van der Waals surface area contributed by atoms with E-state index in [4.69, 9.17) is 0 Å². The van der Waals surface area contributed by atoms with Crippen LogP contribution in [-0.2, 0) is 6.42 Å². The first-order valence-corrected chi connectivity index (χ1v) is 6.31. The quantitative estimate of drug-likeness (QED) is 0.604. The van der Waals surface area contributed by atoms with Gasteiger partial charge in [-0.05, 0) is 37.5 Å². The van der Waals surface area contributed by atoms with Gasteiger partial charge in [-0.2, -0.15) is 0 Å². The second-order valence-corrected chi connectivity index (χ2v) is 5.55. The molecular weight excluding hydrogens is 151 g/mol. The molecule has 1 radical (unpaired) electrons. The SMILES string of the molecule is CP(C)CCc1[c]cccc1. The van der Waals surface area contributed by atoms with E-state index < -0.39 is 0 Å². The van der Waals surface area contributed by atoms with E-state index in [1.54, 1.807) is 0 Å². The fraction of sp³-hybridized carbons (Fsp3) is 0.400. The lowest BCUT2D eigenvalue weighted by Crippen LogP contribution is -1.88. The van der Waals surface area contributed by atoms with E-state index in [-0.39, 0.29) is 7.92 Å². The average molecular weight is 165 g/mol. The van der Waals surface area contributed by atoms with Crippen LogP contribution in [0.25, 0.3) is 0 Å². The van der Waals surface area contributed by atoms with Crippen LogP contribution in [0.2, 0.25) is 0 Å². The first-order valence-electron chi connectivity index (χ1n) is 3.89. The van der Waals surface area contributed by atoms with Crippen molar-refractivity contribution in [3.8, 4) is 0 Å². The van der Waals surface area contributed by atoms with E-state index >= 15 is 0 Å². The molecule has 1 rings (SSSR count). The largest absolute Gasteiger partial charge is 0.113 e. The molecule has 0 spiro atoms. The normalized spacial score (nSPS) is 10.5. The highest BCUT2D eigenvalue weighted by Gasteiger charge is 1.94. The Bertz CT molecular complexity index is 191. The standard InChI is InChI=1S/C10H14P/c1-11(2)9-8-10-6-4-3-5-7-10/h3-6H,8-9H2,1-2H3. The molecule has 0 fully saturated rings. The minimum absolute atomic E-state index is 0.256. The number of hydrogen-bond acceptors (Lipinski definition) is 0. The second kappa shape index (κ2) is 4.51. The Morgan fingerprint density at radius 2 is 2.18 bits per heavy atom. The number of hydrogen-bond donors (Lipinski definition) is 0. The molecular formula is C10H14P. The predicted octanol–water partition coefficient (Wildman–Crippen LogP) is 2.77. The Kier molecular flexibility index (Phi) is 3.59. The maximum Gasteiger partial charge on any atom is -0.0149 e. The monoisotopic (exact) mass is 165 g/mol. The number of rotatable bonds is 3. The Morgan fingerprint density at radius 3 is 2.73 bits per heavy atom. The van der Waals surface area contributed by atoms with Crippen LogP contribution in [0, 0.1) is 6.07 Å². The maximum absolute atomic E-state index is 3.23. The van der Waals surface area contributed by atoms with Crippen LogP contribution in [0.15, 0.2) is 24.3 Å². The Labute approximate surface area is 70.4 Å². The van der Waals surface area contributed by atoms with Crippen LogP contribution in [0.4, 0.5) is 0 Å². The molecule has 0 aromatic heterocycles. The first-order chi connectivity index (χ1) is 5.29. The summed E-state index contributed by atoms with van der Waals surface area (Å²) in [6.07, 6.45) is 2.52. The molecule has 0 saturated carbocycles. The van der Waals surface area contributed by atoms with E-state index in [0.29, 0.717) is 0 Å². The fourth-order valence-electron chi connectivity index (χ4n) is 0.930. The first kappa shape index (κ1) is 8.74. The Hall–Kier alpha value is -0.350. The van der Waals surface area contributed by atoms with Crippen molar-refractivity contribution in [3.63, 3.8) is 0 Å². The molecule has 0 saturated heterocycles. The molecule has 0 aliphatic heterocycles. The zero-order valence-electron chi connectivity index (χ0n) is 7.17. The third-order valence-electron chi connectivity index (χ3n) is 1.60. The lowest BCUT2D eigenvalue weighted by molar-refractivity contribution is 1.14. The van der Waals surface area contributed by atoms with Crippen LogP contribution in [-0.4, -0.2) is 19.5 Å². The van der Waals surface area contributed by atoms with Crippen LogP contribution >= 0.6 is 7.92 Å². The third kappa shape index (κ3) is 3.53. The van der Waals surface area contributed by atoms with Gasteiger partial charge in [0.2, 0.25) is 0 Å². The topological polar surface area (TPSA) is 0 Å². The van der Waals surface area contributed by atoms with Crippen LogP contribution in [0.5, 0.6) is 0 Å². The summed E-state index contributed by atoms with van der Waals surface area (Å²) in [7, 11) is 0.256. The summed E-state index contributed by atoms with van der Waals surface area (Å²) in [5.41, 5.74) is 1.35. The summed E-state index contributed by atoms with van der Waals surface area (Å²) < 4.78 is 0. The molecule has 0 N–H and O–H groups in total. The molecule has 11 heavy (non-hydrogen) atoms. The van der Waals surface area contributed by atoms with Crippen LogP contribution < -0.4 is 0 Å². The maximum atomic E-state index is 3.23. The zero-order valence-corrected chi connectivity index (χ0v) is 8.07. The minimum Gasteiger partial charge on any atom is -0.113 e. The molecule has 0 atom stereocenters. The van der Waals surface area contributed by atoms with Crippen molar-refractivity contribution in [1.82, 2.24) is 0 Å². The van der Waals surface area contributed by atoms with Crippen molar-refractivity contribution in [2.45, 2.75) is 6.42 Å². The van der Waals surface area contributed by atoms with Crippen LogP contribution in [0.1, 0.15) is 5.56 Å². The van der Waals surface area contributed by atoms with Gasteiger partial charge in [-0.1, -0.05) is 24.3 Å². The van der Waals surface area contributed by atoms with E-state index in [9.17, 15) is 0 Å². The smallest absolute Gasteiger partial charge is 0.0149 e. The summed E-state index contributed by atoms with van der Waals surface area (Å²) >= 11 is 0. The molecule has 0 nitrogen and oxygen atoms in total. The van der Waals surface area contributed by atoms with Crippen molar-refractivity contribution >= 4 is 7.92 Å². The van der Waals surface area contributed by atoms with Gasteiger partial charge in [-0.15, -0.1) is 7.92 Å². The summed E-state index contributed by atoms with van der Waals surface area (Å²) in [4.78, 5) is 0. The van der Waals surface area contributed by atoms with Gasteiger partial charge in [0.05, 0.1) is 0 Å². The van der Waals surface area contributed by atoms with E-state index in [0.717, 1.165) is 0 Å². The fourth-order valence-corrected chi connectivity index (χ4v) is 1.62.